The molecule has 1 saturated heterocycles. The summed E-state index contributed by atoms with van der Waals surface area (Å²) >= 11 is 0. The van der Waals surface area contributed by atoms with Crippen molar-refractivity contribution in [3.05, 3.63) is 70.8 Å². The van der Waals surface area contributed by atoms with E-state index in [2.05, 4.69) is 82.9 Å². The van der Waals surface area contributed by atoms with Crippen LogP contribution in [-0.4, -0.2) is 36.9 Å². The molecule has 0 aliphatic carbocycles. The highest BCUT2D eigenvalue weighted by Crippen LogP contribution is 2.19. The van der Waals surface area contributed by atoms with Gasteiger partial charge in [-0.3, -0.25) is 14.7 Å². The summed E-state index contributed by atoms with van der Waals surface area (Å²) in [6.07, 6.45) is 1.93. The Hall–Kier alpha value is -2.86. The number of nitrogens with one attached hydrogen (secondary N) is 2. The van der Waals surface area contributed by atoms with Crippen LogP contribution < -0.4 is 16.4 Å². The van der Waals surface area contributed by atoms with E-state index in [1.165, 1.54) is 22.3 Å². The molecule has 2 atom stereocenters. The molecule has 0 bridgehead atoms. The number of aliphatic imine (C=N–C) groups is 1. The predicted octanol–water partition coefficient (Wildman–Crippen LogP) is 3.12. The number of guanidine groups is 1. The number of carbonyl (C=O) groups excluding carboxylic acids is 1. The predicted molar refractivity (Wildman–Crippen MR) is 127 cm³/mol. The number of hydrogen-bond donors (Lipinski definition) is 3. The third-order valence-corrected chi connectivity index (χ3v) is 6.00. The Morgan fingerprint density at radius 2 is 2.00 bits per heavy atom. The van der Waals surface area contributed by atoms with Crippen molar-refractivity contribution < 1.29 is 4.79 Å². The number of nitrogens with two attached hydrogens (primary N) is 1. The maximum absolute atomic E-state index is 11.5. The van der Waals surface area contributed by atoms with Gasteiger partial charge in [-0.15, -0.1) is 0 Å². The summed E-state index contributed by atoms with van der Waals surface area (Å²) in [4.78, 5) is 18.3. The quantitative estimate of drug-likeness (QED) is 0.474. The topological polar surface area (TPSA) is 82.8 Å². The number of likely N-dealkylation sites (tertiary alicyclic amines) is 1. The van der Waals surface area contributed by atoms with Gasteiger partial charge < -0.3 is 16.4 Å². The first-order valence-electron chi connectivity index (χ1n) is 11.1. The van der Waals surface area contributed by atoms with E-state index < -0.39 is 0 Å². The van der Waals surface area contributed by atoms with Crippen LogP contribution in [0.5, 0.6) is 0 Å². The van der Waals surface area contributed by atoms with Crippen molar-refractivity contribution in [2.75, 3.05) is 20.1 Å². The molecule has 6 nitrogen and oxygen atoms in total. The molecule has 0 aromatic heterocycles. The highest BCUT2D eigenvalue weighted by atomic mass is 16.1. The maximum atomic E-state index is 11.5. The van der Waals surface area contributed by atoms with Gasteiger partial charge in [-0.05, 0) is 55.5 Å². The van der Waals surface area contributed by atoms with Gasteiger partial charge in [0.05, 0.1) is 12.0 Å². The van der Waals surface area contributed by atoms with Crippen molar-refractivity contribution in [2.24, 2.45) is 16.6 Å². The second-order valence-corrected chi connectivity index (χ2v) is 8.44. The van der Waals surface area contributed by atoms with Gasteiger partial charge in [0.1, 0.15) is 0 Å². The van der Waals surface area contributed by atoms with E-state index in [-0.39, 0.29) is 17.9 Å². The summed E-state index contributed by atoms with van der Waals surface area (Å²) in [7, 11) is 1.79. The molecule has 3 rings (SSSR count). The zero-order valence-electron chi connectivity index (χ0n) is 18.9. The lowest BCUT2D eigenvalue weighted by atomic mass is 9.97. The molecule has 31 heavy (non-hydrogen) atoms. The van der Waals surface area contributed by atoms with Crippen LogP contribution in [-0.2, 0) is 17.9 Å². The summed E-state index contributed by atoms with van der Waals surface area (Å²) in [5.41, 5.74) is 10.5. The molecule has 166 valence electrons. The molecule has 0 spiro atoms. The molecular formula is C25H35N5O. The number of carbonyl (C=O) groups is 1. The lowest BCUT2D eigenvalue weighted by Crippen LogP contribution is -2.40. The van der Waals surface area contributed by atoms with Crippen LogP contribution in [0.2, 0.25) is 0 Å². The Bertz CT molecular complexity index is 910. The minimum Gasteiger partial charge on any atom is -0.369 e. The van der Waals surface area contributed by atoms with Gasteiger partial charge in [0, 0.05) is 26.7 Å². The van der Waals surface area contributed by atoms with Crippen LogP contribution in [0.15, 0.2) is 53.5 Å². The number of aryl methyl sites for hydroxylation is 1. The summed E-state index contributed by atoms with van der Waals surface area (Å²) in [6.45, 7) is 7.58. The Morgan fingerprint density at radius 3 is 2.74 bits per heavy atom. The number of hydrogen-bond acceptors (Lipinski definition) is 3. The Labute approximate surface area is 185 Å². The third-order valence-electron chi connectivity index (χ3n) is 6.00. The van der Waals surface area contributed by atoms with Gasteiger partial charge in [0.25, 0.3) is 0 Å². The van der Waals surface area contributed by atoms with Crippen molar-refractivity contribution in [3.8, 4) is 0 Å². The SMILES string of the molecule is CN=C(NCc1cccc(CN2CCCC(C(N)=O)C2)c1)NC(C)c1ccccc1C. The minimum atomic E-state index is -0.179. The Morgan fingerprint density at radius 1 is 1.23 bits per heavy atom. The van der Waals surface area contributed by atoms with Crippen LogP contribution in [0.25, 0.3) is 0 Å². The Kier molecular flexibility index (Phi) is 8.06. The largest absolute Gasteiger partial charge is 0.369 e. The third kappa shape index (κ3) is 6.56. The number of amides is 1. The molecule has 0 saturated carbocycles. The fraction of sp³-hybridized carbons (Fsp3) is 0.440. The highest BCUT2D eigenvalue weighted by molar-refractivity contribution is 5.80. The van der Waals surface area contributed by atoms with Gasteiger partial charge in [0.2, 0.25) is 5.91 Å². The van der Waals surface area contributed by atoms with E-state index >= 15 is 0 Å². The van der Waals surface area contributed by atoms with Crippen LogP contribution in [0.3, 0.4) is 0 Å². The van der Waals surface area contributed by atoms with Gasteiger partial charge in [-0.25, -0.2) is 0 Å². The zero-order valence-corrected chi connectivity index (χ0v) is 18.9. The van der Waals surface area contributed by atoms with E-state index in [0.717, 1.165) is 38.4 Å². The fourth-order valence-electron chi connectivity index (χ4n) is 4.26. The number of piperidine rings is 1. The minimum absolute atomic E-state index is 0.0248. The van der Waals surface area contributed by atoms with Gasteiger partial charge in [-0.2, -0.15) is 0 Å². The molecule has 2 aromatic carbocycles. The average molecular weight is 422 g/mol. The van der Waals surface area contributed by atoms with Crippen LogP contribution in [0.4, 0.5) is 0 Å². The first-order valence-corrected chi connectivity index (χ1v) is 11.1. The normalized spacial score (nSPS) is 18.4. The summed E-state index contributed by atoms with van der Waals surface area (Å²) in [5, 5.41) is 6.90. The molecule has 4 N–H and O–H groups in total. The van der Waals surface area contributed by atoms with Crippen molar-refractivity contribution in [1.82, 2.24) is 15.5 Å². The maximum Gasteiger partial charge on any atom is 0.221 e. The molecular weight excluding hydrogens is 386 g/mol. The monoisotopic (exact) mass is 421 g/mol. The standard InChI is InChI=1S/C25H35N5O/c1-18-8-4-5-12-23(18)19(2)29-25(27-3)28-15-20-9-6-10-21(14-20)16-30-13-7-11-22(17-30)24(26)31/h4-6,8-10,12,14,19,22H,7,11,13,15-17H2,1-3H3,(H2,26,31)(H2,27,28,29). The molecule has 2 unspecified atom stereocenters. The number of benzene rings is 2. The van der Waals surface area contributed by atoms with Crippen LogP contribution in [0.1, 0.15) is 48.1 Å². The summed E-state index contributed by atoms with van der Waals surface area (Å²) < 4.78 is 0. The first kappa shape index (κ1) is 22.8. The van der Waals surface area contributed by atoms with Gasteiger partial charge in [-0.1, -0.05) is 48.5 Å². The van der Waals surface area contributed by atoms with Crippen molar-refractivity contribution in [2.45, 2.75) is 45.8 Å². The fourth-order valence-corrected chi connectivity index (χ4v) is 4.26. The van der Waals surface area contributed by atoms with Crippen molar-refractivity contribution in [1.29, 1.82) is 0 Å². The van der Waals surface area contributed by atoms with E-state index in [0.29, 0.717) is 6.54 Å². The zero-order chi connectivity index (χ0) is 22.2. The van der Waals surface area contributed by atoms with Crippen LogP contribution >= 0.6 is 0 Å². The summed E-state index contributed by atoms with van der Waals surface area (Å²) in [5.74, 6) is 0.575. The smallest absolute Gasteiger partial charge is 0.221 e. The average Bonchev–Trinajstić information content (AvgIpc) is 2.77. The highest BCUT2D eigenvalue weighted by Gasteiger charge is 2.23. The van der Waals surface area contributed by atoms with Crippen LogP contribution in [0, 0.1) is 12.8 Å². The molecule has 1 aliphatic heterocycles. The number of nitrogens with zero attached hydrogens (tertiary/aromatic N) is 2. The van der Waals surface area contributed by atoms with E-state index in [1.54, 1.807) is 7.05 Å². The summed E-state index contributed by atoms with van der Waals surface area (Å²) in [6, 6.07) is 17.1. The van der Waals surface area contributed by atoms with E-state index in [1.807, 2.05) is 0 Å². The second kappa shape index (κ2) is 11.0. The Balaban J connectivity index is 1.55. The number of primary amides is 1. The molecule has 1 aliphatic rings. The lowest BCUT2D eigenvalue weighted by molar-refractivity contribution is -0.123. The molecule has 0 radical (unpaired) electrons. The molecule has 6 heteroatoms. The van der Waals surface area contributed by atoms with Crippen molar-refractivity contribution >= 4 is 11.9 Å². The van der Waals surface area contributed by atoms with Crippen molar-refractivity contribution in [3.63, 3.8) is 0 Å². The number of rotatable bonds is 7. The molecule has 2 aromatic rings. The molecule has 1 fully saturated rings. The lowest BCUT2D eigenvalue weighted by Gasteiger charge is -2.31. The second-order valence-electron chi connectivity index (χ2n) is 8.44. The van der Waals surface area contributed by atoms with E-state index in [4.69, 9.17) is 5.73 Å². The van der Waals surface area contributed by atoms with Gasteiger partial charge in [0.15, 0.2) is 5.96 Å². The molecule has 1 amide bonds. The molecule has 1 heterocycles. The van der Waals surface area contributed by atoms with Gasteiger partial charge >= 0.3 is 0 Å². The van der Waals surface area contributed by atoms with E-state index in [9.17, 15) is 4.79 Å². The first-order chi connectivity index (χ1) is 15.0.